The van der Waals surface area contributed by atoms with Gasteiger partial charge < -0.3 is 14.6 Å². The number of ether oxygens (including phenoxy) is 2. The Morgan fingerprint density at radius 1 is 1.41 bits per heavy atom. The molecular weight excluding hydrogens is 312 g/mol. The molecule has 1 aliphatic carbocycles. The number of esters is 1. The van der Waals surface area contributed by atoms with Gasteiger partial charge in [-0.1, -0.05) is 13.8 Å². The normalized spacial score (nSPS) is 25.9. The van der Waals surface area contributed by atoms with E-state index in [0.29, 0.717) is 0 Å². The first kappa shape index (κ1) is 19.1. The third-order valence-electron chi connectivity index (χ3n) is 3.52. The Balaban J connectivity index is 3.01. The Labute approximate surface area is 131 Å². The van der Waals surface area contributed by atoms with Crippen molar-refractivity contribution in [2.24, 2.45) is 0 Å². The summed E-state index contributed by atoms with van der Waals surface area (Å²) in [6, 6.07) is 0. The van der Waals surface area contributed by atoms with Gasteiger partial charge >= 0.3 is 5.97 Å². The minimum Gasteiger partial charge on any atom is -0.466 e. The van der Waals surface area contributed by atoms with Crippen molar-refractivity contribution in [3.8, 4) is 0 Å². The smallest absolute Gasteiger partial charge is 0.333 e. The summed E-state index contributed by atoms with van der Waals surface area (Å²) in [5.41, 5.74) is 0.234. The molecule has 3 atom stereocenters. The summed E-state index contributed by atoms with van der Waals surface area (Å²) < 4.78 is 37.9. The number of hydrogen-bond acceptors (Lipinski definition) is 7. The molecule has 7 nitrogen and oxygen atoms in total. The van der Waals surface area contributed by atoms with Crippen molar-refractivity contribution in [2.75, 3.05) is 13.4 Å². The van der Waals surface area contributed by atoms with Crippen LogP contribution in [-0.4, -0.2) is 57.3 Å². The van der Waals surface area contributed by atoms with Gasteiger partial charge in [0, 0.05) is 12.0 Å². The van der Waals surface area contributed by atoms with E-state index in [0.717, 1.165) is 19.1 Å². The van der Waals surface area contributed by atoms with E-state index in [4.69, 9.17) is 8.92 Å². The van der Waals surface area contributed by atoms with E-state index in [9.17, 15) is 18.3 Å². The molecule has 1 N–H and O–H groups in total. The lowest BCUT2D eigenvalue weighted by atomic mass is 9.92. The average molecular weight is 336 g/mol. The Bertz CT molecular complexity index is 507. The predicted molar refractivity (Wildman–Crippen MR) is 79.7 cm³/mol. The standard InChI is InChI=1S/C14H24O7S/c1-5-10(6-2)20-11-7-9(14(16)19-3)8-12(13(11)15)21-22(4,17)18/h8,10-13,15H,5-7H2,1-4H3. The van der Waals surface area contributed by atoms with Crippen LogP contribution in [0, 0.1) is 0 Å². The first-order valence-electron chi connectivity index (χ1n) is 7.22. The number of hydrogen-bond donors (Lipinski definition) is 1. The van der Waals surface area contributed by atoms with Gasteiger partial charge in [-0.15, -0.1) is 0 Å². The lowest BCUT2D eigenvalue weighted by molar-refractivity contribution is -0.139. The third kappa shape index (κ3) is 5.35. The van der Waals surface area contributed by atoms with E-state index >= 15 is 0 Å². The molecule has 0 radical (unpaired) electrons. The highest BCUT2D eigenvalue weighted by Gasteiger charge is 2.38. The molecule has 0 spiro atoms. The van der Waals surface area contributed by atoms with Crippen LogP contribution in [-0.2, 0) is 28.6 Å². The molecule has 0 heterocycles. The Morgan fingerprint density at radius 2 is 2.00 bits per heavy atom. The van der Waals surface area contributed by atoms with E-state index in [1.165, 1.54) is 13.2 Å². The maximum atomic E-state index is 11.7. The van der Waals surface area contributed by atoms with Crippen molar-refractivity contribution < 1.29 is 32.0 Å². The van der Waals surface area contributed by atoms with Crippen molar-refractivity contribution in [1.29, 1.82) is 0 Å². The third-order valence-corrected chi connectivity index (χ3v) is 4.09. The van der Waals surface area contributed by atoms with Gasteiger partial charge in [0.1, 0.15) is 12.2 Å². The zero-order chi connectivity index (χ0) is 16.9. The number of aliphatic hydroxyl groups is 1. The van der Waals surface area contributed by atoms with Crippen LogP contribution in [0.4, 0.5) is 0 Å². The molecule has 0 aromatic carbocycles. The second kappa shape index (κ2) is 8.05. The van der Waals surface area contributed by atoms with Crippen LogP contribution in [0.1, 0.15) is 33.1 Å². The fraction of sp³-hybridized carbons (Fsp3) is 0.786. The van der Waals surface area contributed by atoms with E-state index in [1.807, 2.05) is 13.8 Å². The molecule has 1 rings (SSSR count). The maximum absolute atomic E-state index is 11.7. The summed E-state index contributed by atoms with van der Waals surface area (Å²) in [6.07, 6.45) is 0.644. The van der Waals surface area contributed by atoms with Crippen LogP contribution in [0.25, 0.3) is 0 Å². The summed E-state index contributed by atoms with van der Waals surface area (Å²) in [6.45, 7) is 3.90. The highest BCUT2D eigenvalue weighted by Crippen LogP contribution is 2.27. The zero-order valence-electron chi connectivity index (χ0n) is 13.3. The molecular formula is C14H24O7S. The van der Waals surface area contributed by atoms with E-state index in [1.54, 1.807) is 0 Å². The Hall–Kier alpha value is -0.960. The van der Waals surface area contributed by atoms with Crippen molar-refractivity contribution >= 4 is 16.1 Å². The second-order valence-electron chi connectivity index (χ2n) is 5.26. The lowest BCUT2D eigenvalue weighted by Crippen LogP contribution is -2.46. The van der Waals surface area contributed by atoms with E-state index < -0.39 is 34.4 Å². The Kier molecular flexibility index (Phi) is 6.98. The minimum atomic E-state index is -3.79. The first-order chi connectivity index (χ1) is 10.2. The SMILES string of the molecule is CCC(CC)OC1CC(C(=O)OC)=CC(OS(C)(=O)=O)C1O. The molecule has 0 aromatic heterocycles. The van der Waals surface area contributed by atoms with E-state index in [2.05, 4.69) is 4.74 Å². The predicted octanol–water partition coefficient (Wildman–Crippen LogP) is 0.769. The maximum Gasteiger partial charge on any atom is 0.333 e. The highest BCUT2D eigenvalue weighted by atomic mass is 32.2. The van der Waals surface area contributed by atoms with Gasteiger partial charge in [-0.05, 0) is 18.9 Å². The van der Waals surface area contributed by atoms with Gasteiger partial charge in [-0.2, -0.15) is 8.42 Å². The van der Waals surface area contributed by atoms with Crippen molar-refractivity contribution in [1.82, 2.24) is 0 Å². The van der Waals surface area contributed by atoms with Crippen molar-refractivity contribution in [2.45, 2.75) is 57.5 Å². The fourth-order valence-corrected chi connectivity index (χ4v) is 2.91. The molecule has 0 aliphatic heterocycles. The molecule has 0 amide bonds. The summed E-state index contributed by atoms with van der Waals surface area (Å²) in [4.78, 5) is 11.7. The summed E-state index contributed by atoms with van der Waals surface area (Å²) >= 11 is 0. The molecule has 0 bridgehead atoms. The van der Waals surface area contributed by atoms with Gasteiger partial charge in [0.25, 0.3) is 10.1 Å². The van der Waals surface area contributed by atoms with Gasteiger partial charge in [-0.3, -0.25) is 4.18 Å². The van der Waals surface area contributed by atoms with Crippen LogP contribution < -0.4 is 0 Å². The van der Waals surface area contributed by atoms with Crippen LogP contribution in [0.3, 0.4) is 0 Å². The molecule has 0 saturated heterocycles. The Morgan fingerprint density at radius 3 is 2.45 bits per heavy atom. The van der Waals surface area contributed by atoms with Gasteiger partial charge in [0.05, 0.1) is 25.6 Å². The number of carbonyl (C=O) groups is 1. The molecule has 0 aromatic rings. The molecule has 8 heteroatoms. The number of carbonyl (C=O) groups excluding carboxylic acids is 1. The number of rotatable bonds is 7. The minimum absolute atomic E-state index is 0.0875. The van der Waals surface area contributed by atoms with E-state index in [-0.39, 0.29) is 18.1 Å². The quantitative estimate of drug-likeness (QED) is 0.541. The molecule has 1 aliphatic rings. The van der Waals surface area contributed by atoms with Crippen molar-refractivity contribution in [3.63, 3.8) is 0 Å². The topological polar surface area (TPSA) is 99.1 Å². The monoisotopic (exact) mass is 336 g/mol. The van der Waals surface area contributed by atoms with Crippen LogP contribution >= 0.6 is 0 Å². The van der Waals surface area contributed by atoms with Crippen molar-refractivity contribution in [3.05, 3.63) is 11.6 Å². The summed E-state index contributed by atoms with van der Waals surface area (Å²) in [5.74, 6) is -0.591. The molecule has 0 fully saturated rings. The van der Waals surface area contributed by atoms with Crippen LogP contribution in [0.15, 0.2) is 11.6 Å². The summed E-state index contributed by atoms with van der Waals surface area (Å²) in [7, 11) is -2.55. The zero-order valence-corrected chi connectivity index (χ0v) is 14.1. The van der Waals surface area contributed by atoms with Gasteiger partial charge in [0.15, 0.2) is 0 Å². The molecule has 22 heavy (non-hydrogen) atoms. The lowest BCUT2D eigenvalue weighted by Gasteiger charge is -2.34. The summed E-state index contributed by atoms with van der Waals surface area (Å²) in [5, 5.41) is 10.3. The second-order valence-corrected chi connectivity index (χ2v) is 6.86. The first-order valence-corrected chi connectivity index (χ1v) is 9.04. The van der Waals surface area contributed by atoms with Crippen LogP contribution in [0.5, 0.6) is 0 Å². The fourth-order valence-electron chi connectivity index (χ4n) is 2.34. The molecule has 0 saturated carbocycles. The number of aliphatic hydroxyl groups excluding tert-OH is 1. The van der Waals surface area contributed by atoms with Gasteiger partial charge in [-0.25, -0.2) is 4.79 Å². The molecule has 3 unspecified atom stereocenters. The highest BCUT2D eigenvalue weighted by molar-refractivity contribution is 7.86. The molecule has 128 valence electrons. The van der Waals surface area contributed by atoms with Gasteiger partial charge in [0.2, 0.25) is 0 Å². The average Bonchev–Trinajstić information content (AvgIpc) is 2.45. The van der Waals surface area contributed by atoms with Crippen LogP contribution in [0.2, 0.25) is 0 Å². The number of methoxy groups -OCH3 is 1. The largest absolute Gasteiger partial charge is 0.466 e.